The molecule has 284 valence electrons. The van der Waals surface area contributed by atoms with Gasteiger partial charge < -0.3 is 28.5 Å². The number of anilines is 1. The lowest BCUT2D eigenvalue weighted by Crippen LogP contribution is -2.66. The second kappa shape index (κ2) is 14.1. The summed E-state index contributed by atoms with van der Waals surface area (Å²) in [6.07, 6.45) is 0.592. The minimum atomic E-state index is -4.58. The number of benzene rings is 2. The first-order valence-electron chi connectivity index (χ1n) is 17.4. The van der Waals surface area contributed by atoms with Crippen LogP contribution < -0.4 is 24.9 Å². The van der Waals surface area contributed by atoms with E-state index in [0.717, 1.165) is 17.8 Å². The molecular formula is C36H42F2N5O9P. The van der Waals surface area contributed by atoms with Crippen LogP contribution in [0.1, 0.15) is 67.0 Å². The maximum absolute atomic E-state index is 16.2. The van der Waals surface area contributed by atoms with Gasteiger partial charge in [-0.15, -0.1) is 0 Å². The first-order chi connectivity index (χ1) is 25.3. The SMILES string of the molecule is CCOP(=O)(N[C@@H](C(=O)OC)C(C)(C)C)Oc1c2n(ccc1=O)N([C@@H]1c3ccccc3N3CCOCC3c3c1ccc(F)c3F)[C@@H]1COCCN1C2=O. The van der Waals surface area contributed by atoms with Crippen LogP contribution in [0, 0.1) is 17.0 Å². The van der Waals surface area contributed by atoms with Crippen molar-refractivity contribution in [3.63, 3.8) is 0 Å². The number of hydrogen-bond donors (Lipinski definition) is 1. The number of carbonyl (C=O) groups is 2. The van der Waals surface area contributed by atoms with Crippen LogP contribution in [0.2, 0.25) is 0 Å². The van der Waals surface area contributed by atoms with Crippen LogP contribution in [0.4, 0.5) is 14.5 Å². The Morgan fingerprint density at radius 1 is 1.02 bits per heavy atom. The molecule has 7 rings (SSSR count). The Hall–Kier alpha value is -4.34. The van der Waals surface area contributed by atoms with Crippen molar-refractivity contribution >= 4 is 25.3 Å². The molecule has 0 saturated carbocycles. The summed E-state index contributed by atoms with van der Waals surface area (Å²) < 4.78 is 75.6. The molecule has 5 atom stereocenters. The van der Waals surface area contributed by atoms with Crippen LogP contribution in [0.15, 0.2) is 53.5 Å². The van der Waals surface area contributed by atoms with Gasteiger partial charge in [-0.3, -0.25) is 28.6 Å². The van der Waals surface area contributed by atoms with Gasteiger partial charge in [0.1, 0.15) is 18.2 Å². The molecule has 2 aromatic carbocycles. The maximum atomic E-state index is 16.2. The topological polar surface area (TPSA) is 141 Å². The van der Waals surface area contributed by atoms with E-state index in [9.17, 15) is 18.9 Å². The van der Waals surface area contributed by atoms with Gasteiger partial charge >= 0.3 is 13.7 Å². The smallest absolute Gasteiger partial charge is 0.459 e. The zero-order valence-electron chi connectivity index (χ0n) is 30.0. The molecule has 5 heterocycles. The van der Waals surface area contributed by atoms with Crippen molar-refractivity contribution in [3.05, 3.63) is 92.9 Å². The molecule has 53 heavy (non-hydrogen) atoms. The number of hydrogen-bond acceptors (Lipinski definition) is 11. The second-order valence-corrected chi connectivity index (χ2v) is 15.9. The lowest BCUT2D eigenvalue weighted by atomic mass is 9.87. The largest absolute Gasteiger partial charge is 0.468 e. The summed E-state index contributed by atoms with van der Waals surface area (Å²) in [5.41, 5.74) is 0.0587. The van der Waals surface area contributed by atoms with E-state index in [2.05, 4.69) is 5.09 Å². The van der Waals surface area contributed by atoms with Gasteiger partial charge in [-0.2, -0.15) is 5.09 Å². The van der Waals surface area contributed by atoms with Crippen molar-refractivity contribution in [2.45, 2.75) is 52.0 Å². The lowest BCUT2D eigenvalue weighted by molar-refractivity contribution is -0.145. The number of ether oxygens (including phenoxy) is 3. The standard InChI is InChI=1S/C36H42F2N5O9P/c1-6-51-53(47,39-33(35(46)48-5)36(2,3)4)52-32-26(44)13-14-42-31(32)34(45)41-16-18-50-20-27(41)43(42)30-21-9-7-8-10-24(21)40-15-17-49-19-25(40)28-22(30)11-12-23(37)29(28)38/h7-14,25,27,30,33H,6,15-20H2,1-5H3,(H,39,47)/t25?,27-,30-,33+,53?/m1/s1. The Balaban J connectivity index is 1.46. The fraction of sp³-hybridized carbons (Fsp3) is 0.472. The van der Waals surface area contributed by atoms with Crippen molar-refractivity contribution in [2.24, 2.45) is 5.41 Å². The number of carbonyl (C=O) groups excluding carboxylic acids is 2. The summed E-state index contributed by atoms with van der Waals surface area (Å²) in [7, 11) is -3.40. The third-order valence-electron chi connectivity index (χ3n) is 9.98. The van der Waals surface area contributed by atoms with Crippen molar-refractivity contribution < 1.29 is 46.2 Å². The third-order valence-corrected chi connectivity index (χ3v) is 11.6. The predicted octanol–water partition coefficient (Wildman–Crippen LogP) is 4.26. The van der Waals surface area contributed by atoms with E-state index in [1.165, 1.54) is 28.9 Å². The van der Waals surface area contributed by atoms with Gasteiger partial charge in [0.25, 0.3) is 5.91 Å². The van der Waals surface area contributed by atoms with Crippen LogP contribution in [0.3, 0.4) is 0 Å². The van der Waals surface area contributed by atoms with Crippen LogP contribution in [0.25, 0.3) is 0 Å². The van der Waals surface area contributed by atoms with E-state index in [-0.39, 0.29) is 44.2 Å². The molecule has 4 aliphatic rings. The summed E-state index contributed by atoms with van der Waals surface area (Å²) in [6, 6.07) is 8.49. The summed E-state index contributed by atoms with van der Waals surface area (Å²) in [6.45, 7) is 7.76. The fourth-order valence-electron chi connectivity index (χ4n) is 7.59. The number of halogens is 2. The summed E-state index contributed by atoms with van der Waals surface area (Å²) in [5, 5.41) is 4.44. The second-order valence-electron chi connectivity index (χ2n) is 14.2. The quantitative estimate of drug-likeness (QED) is 0.260. The van der Waals surface area contributed by atoms with Crippen molar-refractivity contribution in [3.8, 4) is 5.75 Å². The van der Waals surface area contributed by atoms with E-state index < -0.39 is 72.1 Å². The molecule has 2 unspecified atom stereocenters. The molecule has 2 fully saturated rings. The molecule has 0 aliphatic carbocycles. The number of nitrogens with zero attached hydrogens (tertiary/aromatic N) is 4. The third kappa shape index (κ3) is 6.39. The molecule has 3 aromatic rings. The molecule has 4 aliphatic heterocycles. The number of amides is 1. The predicted molar refractivity (Wildman–Crippen MR) is 188 cm³/mol. The highest BCUT2D eigenvalue weighted by atomic mass is 31.2. The minimum Gasteiger partial charge on any atom is -0.468 e. The van der Waals surface area contributed by atoms with Crippen molar-refractivity contribution in [2.75, 3.05) is 63.1 Å². The van der Waals surface area contributed by atoms with Gasteiger partial charge in [-0.05, 0) is 30.0 Å². The zero-order valence-corrected chi connectivity index (χ0v) is 30.9. The molecule has 0 bridgehead atoms. The molecular weight excluding hydrogens is 715 g/mol. The average molecular weight is 758 g/mol. The van der Waals surface area contributed by atoms with Gasteiger partial charge in [0.2, 0.25) is 11.2 Å². The Morgan fingerprint density at radius 3 is 2.45 bits per heavy atom. The minimum absolute atomic E-state index is 0.0345. The van der Waals surface area contributed by atoms with Crippen LogP contribution in [-0.4, -0.2) is 86.9 Å². The molecule has 1 N–H and O–H groups in total. The van der Waals surface area contributed by atoms with Crippen LogP contribution in [0.5, 0.6) is 5.75 Å². The first-order valence-corrected chi connectivity index (χ1v) is 19.0. The van der Waals surface area contributed by atoms with Crippen LogP contribution >= 0.6 is 7.75 Å². The van der Waals surface area contributed by atoms with Crippen LogP contribution in [-0.2, 0) is 28.1 Å². The Morgan fingerprint density at radius 2 is 1.74 bits per heavy atom. The number of esters is 1. The number of nitrogens with one attached hydrogen (secondary N) is 1. The molecule has 14 nitrogen and oxygen atoms in total. The van der Waals surface area contributed by atoms with Gasteiger partial charge in [0, 0.05) is 42.2 Å². The van der Waals surface area contributed by atoms with E-state index >= 15 is 8.78 Å². The van der Waals surface area contributed by atoms with Gasteiger partial charge in [0.15, 0.2) is 17.3 Å². The number of pyridine rings is 1. The Bertz CT molecular complexity index is 2040. The van der Waals surface area contributed by atoms with E-state index in [0.29, 0.717) is 24.3 Å². The Labute approximate surface area is 305 Å². The number of fused-ring (bicyclic) bond motifs is 7. The molecule has 17 heteroatoms. The number of para-hydroxylation sites is 1. The monoisotopic (exact) mass is 757 g/mol. The lowest BCUT2D eigenvalue weighted by Gasteiger charge is -2.51. The number of morpholine rings is 2. The van der Waals surface area contributed by atoms with E-state index in [4.69, 9.17) is 23.3 Å². The zero-order chi connectivity index (χ0) is 37.8. The fourth-order valence-corrected chi connectivity index (χ4v) is 9.33. The average Bonchev–Trinajstić information content (AvgIpc) is 3.26. The Kier molecular flexibility index (Phi) is 9.87. The molecule has 0 radical (unpaired) electrons. The molecule has 0 spiro atoms. The molecule has 1 aromatic heterocycles. The summed E-state index contributed by atoms with van der Waals surface area (Å²) >= 11 is 0. The highest BCUT2D eigenvalue weighted by molar-refractivity contribution is 7.52. The molecule has 2 saturated heterocycles. The van der Waals surface area contributed by atoms with Gasteiger partial charge in [0.05, 0.1) is 46.2 Å². The summed E-state index contributed by atoms with van der Waals surface area (Å²) in [4.78, 5) is 44.7. The van der Waals surface area contributed by atoms with E-state index in [1.54, 1.807) is 32.7 Å². The number of aromatic nitrogens is 1. The molecule has 1 amide bonds. The van der Waals surface area contributed by atoms with Crippen molar-refractivity contribution in [1.29, 1.82) is 0 Å². The van der Waals surface area contributed by atoms with Gasteiger partial charge in [-0.25, -0.2) is 13.3 Å². The van der Waals surface area contributed by atoms with Crippen molar-refractivity contribution in [1.82, 2.24) is 14.7 Å². The number of methoxy groups -OCH3 is 1. The highest BCUT2D eigenvalue weighted by Crippen LogP contribution is 2.50. The normalized spacial score (nSPS) is 22.7. The summed E-state index contributed by atoms with van der Waals surface area (Å²) in [5.74, 6) is -3.99. The highest BCUT2D eigenvalue weighted by Gasteiger charge is 2.49. The van der Waals surface area contributed by atoms with Gasteiger partial charge in [-0.1, -0.05) is 45.0 Å². The maximum Gasteiger partial charge on any atom is 0.459 e. The number of rotatable bonds is 8. The van der Waals surface area contributed by atoms with E-state index in [1.807, 2.05) is 29.2 Å². The first kappa shape index (κ1) is 37.0.